The average molecular weight is 385 g/mol. The number of hydrogen-bond acceptors (Lipinski definition) is 4. The van der Waals surface area contributed by atoms with E-state index in [1.54, 1.807) is 0 Å². The summed E-state index contributed by atoms with van der Waals surface area (Å²) >= 11 is 0. The molecule has 150 valence electrons. The molecule has 0 aromatic heterocycles. The Hall–Kier alpha value is -3.02. The van der Waals surface area contributed by atoms with Crippen molar-refractivity contribution in [2.45, 2.75) is 33.1 Å². The van der Waals surface area contributed by atoms with Crippen LogP contribution >= 0.6 is 0 Å². The summed E-state index contributed by atoms with van der Waals surface area (Å²) in [6, 6.07) is 13.7. The van der Waals surface area contributed by atoms with E-state index in [1.165, 1.54) is 0 Å². The minimum Gasteiger partial charge on any atom is -0.490 e. The van der Waals surface area contributed by atoms with Gasteiger partial charge in [0, 0.05) is 13.0 Å². The van der Waals surface area contributed by atoms with E-state index in [0.717, 1.165) is 28.2 Å². The Kier molecular flexibility index (Phi) is 8.34. The van der Waals surface area contributed by atoms with Gasteiger partial charge in [-0.1, -0.05) is 24.3 Å². The molecule has 1 amide bonds. The van der Waals surface area contributed by atoms with Crippen molar-refractivity contribution in [1.29, 1.82) is 0 Å². The zero-order valence-corrected chi connectivity index (χ0v) is 16.4. The fourth-order valence-corrected chi connectivity index (χ4v) is 2.82. The molecule has 2 aromatic rings. The van der Waals surface area contributed by atoms with Crippen LogP contribution in [-0.2, 0) is 16.0 Å². The molecule has 2 N–H and O–H groups in total. The number of para-hydroxylation sites is 1. The molecule has 0 aliphatic carbocycles. The maximum atomic E-state index is 11.6. The van der Waals surface area contributed by atoms with Gasteiger partial charge in [0.25, 0.3) is 0 Å². The summed E-state index contributed by atoms with van der Waals surface area (Å²) in [5, 5.41) is 11.3. The number of aryl methyl sites for hydroxylation is 2. The van der Waals surface area contributed by atoms with Gasteiger partial charge in [-0.3, -0.25) is 9.59 Å². The number of carboxylic acid groups (broad SMARTS) is 1. The Balaban J connectivity index is 1.76. The molecular formula is C22H27NO5. The number of amides is 1. The highest BCUT2D eigenvalue weighted by Gasteiger charge is 2.07. The second-order valence-electron chi connectivity index (χ2n) is 6.62. The van der Waals surface area contributed by atoms with Crippen LogP contribution in [0.2, 0.25) is 0 Å². The highest BCUT2D eigenvalue weighted by Crippen LogP contribution is 2.19. The summed E-state index contributed by atoms with van der Waals surface area (Å²) in [5.41, 5.74) is 3.30. The third-order valence-corrected chi connectivity index (χ3v) is 4.06. The number of rotatable bonds is 11. The van der Waals surface area contributed by atoms with E-state index >= 15 is 0 Å². The van der Waals surface area contributed by atoms with Crippen LogP contribution in [-0.4, -0.2) is 36.7 Å². The monoisotopic (exact) mass is 385 g/mol. The number of carboxylic acids is 1. The van der Waals surface area contributed by atoms with Crippen LogP contribution in [0.25, 0.3) is 0 Å². The van der Waals surface area contributed by atoms with E-state index in [2.05, 4.69) is 11.4 Å². The van der Waals surface area contributed by atoms with Crippen LogP contribution in [0.15, 0.2) is 42.5 Å². The molecule has 6 heteroatoms. The summed E-state index contributed by atoms with van der Waals surface area (Å²) in [6.07, 6.45) is 0.433. The van der Waals surface area contributed by atoms with Crippen molar-refractivity contribution in [2.75, 3.05) is 19.8 Å². The number of aliphatic carboxylic acids is 1. The number of hydrogen-bond donors (Lipinski definition) is 2. The van der Waals surface area contributed by atoms with Gasteiger partial charge in [0.2, 0.25) is 5.91 Å². The summed E-state index contributed by atoms with van der Waals surface area (Å²) in [6.45, 7) is 5.34. The van der Waals surface area contributed by atoms with Crippen molar-refractivity contribution in [3.05, 3.63) is 59.2 Å². The molecule has 0 aliphatic heterocycles. The SMILES string of the molecule is Cc1cc(C)cc(OCCOc2ccccc2CCNC(=O)CCC(=O)O)c1. The summed E-state index contributed by atoms with van der Waals surface area (Å²) in [5.74, 6) is 0.351. The maximum Gasteiger partial charge on any atom is 0.303 e. The molecule has 2 rings (SSSR count). The molecule has 0 heterocycles. The smallest absolute Gasteiger partial charge is 0.303 e. The van der Waals surface area contributed by atoms with Gasteiger partial charge in [0.05, 0.1) is 6.42 Å². The lowest BCUT2D eigenvalue weighted by Crippen LogP contribution is -2.26. The Labute approximate surface area is 165 Å². The van der Waals surface area contributed by atoms with Gasteiger partial charge in [-0.15, -0.1) is 0 Å². The molecule has 0 spiro atoms. The van der Waals surface area contributed by atoms with Gasteiger partial charge in [-0.2, -0.15) is 0 Å². The predicted octanol–water partition coefficient (Wildman–Crippen LogP) is 3.28. The van der Waals surface area contributed by atoms with Gasteiger partial charge in [0.1, 0.15) is 24.7 Å². The minimum atomic E-state index is -0.975. The molecule has 0 saturated heterocycles. The van der Waals surface area contributed by atoms with Crippen LogP contribution in [0.4, 0.5) is 0 Å². The first-order valence-corrected chi connectivity index (χ1v) is 9.34. The van der Waals surface area contributed by atoms with Crippen molar-refractivity contribution >= 4 is 11.9 Å². The Morgan fingerprint density at radius 1 is 0.964 bits per heavy atom. The van der Waals surface area contributed by atoms with E-state index in [9.17, 15) is 9.59 Å². The fourth-order valence-electron chi connectivity index (χ4n) is 2.82. The van der Waals surface area contributed by atoms with Gasteiger partial charge in [-0.25, -0.2) is 0 Å². The first kappa shape index (κ1) is 21.3. The lowest BCUT2D eigenvalue weighted by atomic mass is 10.1. The molecule has 0 atom stereocenters. The van der Waals surface area contributed by atoms with Crippen LogP contribution in [0.3, 0.4) is 0 Å². The molecule has 0 unspecified atom stereocenters. The van der Waals surface area contributed by atoms with Crippen molar-refractivity contribution in [1.82, 2.24) is 5.32 Å². The van der Waals surface area contributed by atoms with Crippen LogP contribution in [0, 0.1) is 13.8 Å². The predicted molar refractivity (Wildman–Crippen MR) is 107 cm³/mol. The fraction of sp³-hybridized carbons (Fsp3) is 0.364. The summed E-state index contributed by atoms with van der Waals surface area (Å²) < 4.78 is 11.6. The molecule has 0 saturated carbocycles. The summed E-state index contributed by atoms with van der Waals surface area (Å²) in [4.78, 5) is 22.1. The second-order valence-corrected chi connectivity index (χ2v) is 6.62. The van der Waals surface area contributed by atoms with Gasteiger partial charge in [-0.05, 0) is 55.2 Å². The van der Waals surface area contributed by atoms with Crippen LogP contribution < -0.4 is 14.8 Å². The Morgan fingerprint density at radius 3 is 2.36 bits per heavy atom. The zero-order valence-electron chi connectivity index (χ0n) is 16.4. The average Bonchev–Trinajstić information content (AvgIpc) is 2.64. The number of ether oxygens (including phenoxy) is 2. The van der Waals surface area contributed by atoms with Gasteiger partial charge in [0.15, 0.2) is 0 Å². The van der Waals surface area contributed by atoms with Crippen molar-refractivity contribution in [3.63, 3.8) is 0 Å². The van der Waals surface area contributed by atoms with E-state index in [1.807, 2.05) is 50.2 Å². The van der Waals surface area contributed by atoms with Crippen molar-refractivity contribution in [2.24, 2.45) is 0 Å². The Morgan fingerprint density at radius 2 is 1.64 bits per heavy atom. The highest BCUT2D eigenvalue weighted by atomic mass is 16.5. The summed E-state index contributed by atoms with van der Waals surface area (Å²) in [7, 11) is 0. The third kappa shape index (κ3) is 7.70. The van der Waals surface area contributed by atoms with Crippen molar-refractivity contribution < 1.29 is 24.2 Å². The van der Waals surface area contributed by atoms with Crippen LogP contribution in [0.1, 0.15) is 29.5 Å². The Bertz CT molecular complexity index is 783. The van der Waals surface area contributed by atoms with Crippen molar-refractivity contribution in [3.8, 4) is 11.5 Å². The lowest BCUT2D eigenvalue weighted by Gasteiger charge is -2.13. The van der Waals surface area contributed by atoms with Gasteiger partial charge < -0.3 is 19.9 Å². The maximum absolute atomic E-state index is 11.6. The third-order valence-electron chi connectivity index (χ3n) is 4.06. The number of carbonyl (C=O) groups excluding carboxylic acids is 1. The first-order chi connectivity index (χ1) is 13.4. The molecule has 28 heavy (non-hydrogen) atoms. The van der Waals surface area contributed by atoms with E-state index < -0.39 is 5.97 Å². The molecule has 0 radical (unpaired) electrons. The lowest BCUT2D eigenvalue weighted by molar-refractivity contribution is -0.138. The van der Waals surface area contributed by atoms with E-state index in [4.69, 9.17) is 14.6 Å². The van der Waals surface area contributed by atoms with Crippen LogP contribution in [0.5, 0.6) is 11.5 Å². The normalized spacial score (nSPS) is 10.4. The largest absolute Gasteiger partial charge is 0.490 e. The van der Waals surface area contributed by atoms with Gasteiger partial charge >= 0.3 is 5.97 Å². The quantitative estimate of drug-likeness (QED) is 0.580. The van der Waals surface area contributed by atoms with E-state index in [0.29, 0.717) is 26.2 Å². The molecule has 0 fully saturated rings. The van der Waals surface area contributed by atoms with E-state index in [-0.39, 0.29) is 18.7 Å². The molecule has 6 nitrogen and oxygen atoms in total. The topological polar surface area (TPSA) is 84.9 Å². The number of carbonyl (C=O) groups is 2. The highest BCUT2D eigenvalue weighted by molar-refractivity contribution is 5.80. The molecule has 2 aromatic carbocycles. The number of benzene rings is 2. The zero-order chi connectivity index (χ0) is 20.4. The minimum absolute atomic E-state index is 0.0107. The second kappa shape index (κ2) is 11.0. The molecule has 0 aliphatic rings. The standard InChI is InChI=1S/C22H27NO5/c1-16-13-17(2)15-19(14-16)27-11-12-28-20-6-4-3-5-18(20)9-10-23-21(24)7-8-22(25)26/h3-6,13-15H,7-12H2,1-2H3,(H,23,24)(H,25,26). The molecular weight excluding hydrogens is 358 g/mol. The number of nitrogens with one attached hydrogen (secondary N) is 1. The molecule has 0 bridgehead atoms. The first-order valence-electron chi connectivity index (χ1n) is 9.34.